The summed E-state index contributed by atoms with van der Waals surface area (Å²) in [4.78, 5) is 25.8. The minimum Gasteiger partial charge on any atom is -0.368 e. The Morgan fingerprint density at radius 3 is 2.33 bits per heavy atom. The Balaban J connectivity index is 3.50. The standard InChI is InChI=1S/C10H22O4Si/c1-9(2)5-4-6-10(3)7-8-14-15(11,12)13/h5,10-13H,4,6-8H2,1-3H3. The summed E-state index contributed by atoms with van der Waals surface area (Å²) in [6.07, 6.45) is 4.99. The summed E-state index contributed by atoms with van der Waals surface area (Å²) >= 11 is 0. The predicted octanol–water partition coefficient (Wildman–Crippen LogP) is 1.19. The van der Waals surface area contributed by atoms with Crippen molar-refractivity contribution in [3.8, 4) is 0 Å². The smallest absolute Gasteiger partial charge is 0.368 e. The highest BCUT2D eigenvalue weighted by molar-refractivity contribution is 6.48. The first-order valence-electron chi connectivity index (χ1n) is 5.25. The average molecular weight is 234 g/mol. The Hall–Kier alpha value is -0.203. The van der Waals surface area contributed by atoms with Crippen molar-refractivity contribution in [1.82, 2.24) is 0 Å². The Bertz CT molecular complexity index is 194. The predicted molar refractivity (Wildman–Crippen MR) is 60.8 cm³/mol. The lowest BCUT2D eigenvalue weighted by atomic mass is 10.0. The lowest BCUT2D eigenvalue weighted by molar-refractivity contribution is 0.0586. The van der Waals surface area contributed by atoms with Crippen LogP contribution in [0.4, 0.5) is 0 Å². The number of hydrogen-bond donors (Lipinski definition) is 3. The molecular weight excluding hydrogens is 212 g/mol. The van der Waals surface area contributed by atoms with Crippen LogP contribution in [0.1, 0.15) is 40.0 Å². The van der Waals surface area contributed by atoms with Gasteiger partial charge >= 0.3 is 9.05 Å². The van der Waals surface area contributed by atoms with Gasteiger partial charge in [-0.15, -0.1) is 0 Å². The highest BCUT2D eigenvalue weighted by atomic mass is 28.4. The van der Waals surface area contributed by atoms with E-state index in [1.165, 1.54) is 5.57 Å². The molecule has 0 aliphatic rings. The lowest BCUT2D eigenvalue weighted by Gasteiger charge is -2.13. The van der Waals surface area contributed by atoms with Crippen molar-refractivity contribution < 1.29 is 18.8 Å². The van der Waals surface area contributed by atoms with Gasteiger partial charge in [-0.2, -0.15) is 0 Å². The van der Waals surface area contributed by atoms with Gasteiger partial charge in [-0.05, 0) is 39.0 Å². The summed E-state index contributed by atoms with van der Waals surface area (Å²) in [7, 11) is -4.29. The molecule has 90 valence electrons. The van der Waals surface area contributed by atoms with Crippen molar-refractivity contribution >= 4 is 9.05 Å². The Labute approximate surface area is 92.7 Å². The fourth-order valence-electron chi connectivity index (χ4n) is 1.20. The van der Waals surface area contributed by atoms with Gasteiger partial charge in [-0.25, -0.2) is 0 Å². The molecule has 0 saturated carbocycles. The normalized spacial score (nSPS) is 13.7. The van der Waals surface area contributed by atoms with E-state index in [1.54, 1.807) is 0 Å². The molecule has 0 spiro atoms. The van der Waals surface area contributed by atoms with E-state index in [9.17, 15) is 0 Å². The topological polar surface area (TPSA) is 69.9 Å². The second-order valence-corrected chi connectivity index (χ2v) is 5.61. The van der Waals surface area contributed by atoms with Gasteiger partial charge in [0.25, 0.3) is 0 Å². The molecule has 0 aromatic carbocycles. The van der Waals surface area contributed by atoms with E-state index in [1.807, 2.05) is 0 Å². The molecule has 1 atom stereocenters. The van der Waals surface area contributed by atoms with Crippen LogP contribution in [0.3, 0.4) is 0 Å². The van der Waals surface area contributed by atoms with E-state index < -0.39 is 9.05 Å². The van der Waals surface area contributed by atoms with Crippen molar-refractivity contribution in [1.29, 1.82) is 0 Å². The molecule has 0 aromatic rings. The zero-order chi connectivity index (χ0) is 11.9. The van der Waals surface area contributed by atoms with Gasteiger partial charge in [-0.3, -0.25) is 0 Å². The summed E-state index contributed by atoms with van der Waals surface area (Å²) in [5, 5.41) is 0. The maximum absolute atomic E-state index is 8.60. The molecule has 15 heavy (non-hydrogen) atoms. The molecule has 0 fully saturated rings. The van der Waals surface area contributed by atoms with Crippen molar-refractivity contribution in [2.45, 2.75) is 40.0 Å². The zero-order valence-electron chi connectivity index (χ0n) is 9.73. The van der Waals surface area contributed by atoms with Crippen LogP contribution in [0.2, 0.25) is 0 Å². The molecule has 0 aromatic heterocycles. The molecule has 1 unspecified atom stereocenters. The van der Waals surface area contributed by atoms with Gasteiger partial charge < -0.3 is 18.8 Å². The van der Waals surface area contributed by atoms with E-state index >= 15 is 0 Å². The monoisotopic (exact) mass is 234 g/mol. The second kappa shape index (κ2) is 7.13. The van der Waals surface area contributed by atoms with Crippen LogP contribution in [0, 0.1) is 5.92 Å². The van der Waals surface area contributed by atoms with Crippen LogP contribution in [-0.2, 0) is 4.43 Å². The lowest BCUT2D eigenvalue weighted by Crippen LogP contribution is -2.39. The molecule has 0 aliphatic carbocycles. The fourth-order valence-corrected chi connectivity index (χ4v) is 1.59. The number of allylic oxidation sites excluding steroid dienone is 2. The van der Waals surface area contributed by atoms with Crippen molar-refractivity contribution in [2.24, 2.45) is 5.92 Å². The van der Waals surface area contributed by atoms with Gasteiger partial charge in [0.15, 0.2) is 0 Å². The van der Waals surface area contributed by atoms with Crippen molar-refractivity contribution in [2.75, 3.05) is 6.61 Å². The summed E-state index contributed by atoms with van der Waals surface area (Å²) in [5.74, 6) is 0.456. The molecule has 0 bridgehead atoms. The molecule has 3 N–H and O–H groups in total. The SMILES string of the molecule is CC(C)=CCCC(C)CCO[Si](O)(O)O. The van der Waals surface area contributed by atoms with Crippen molar-refractivity contribution in [3.63, 3.8) is 0 Å². The van der Waals surface area contributed by atoms with E-state index in [2.05, 4.69) is 31.3 Å². The Morgan fingerprint density at radius 2 is 1.87 bits per heavy atom. The van der Waals surface area contributed by atoms with E-state index in [0.717, 1.165) is 19.3 Å². The minimum absolute atomic E-state index is 0.200. The zero-order valence-corrected chi connectivity index (χ0v) is 10.7. The van der Waals surface area contributed by atoms with Crippen LogP contribution in [0.15, 0.2) is 11.6 Å². The highest BCUT2D eigenvalue weighted by Gasteiger charge is 2.30. The molecule has 0 heterocycles. The molecular formula is C10H22O4Si. The van der Waals surface area contributed by atoms with Crippen LogP contribution in [0.5, 0.6) is 0 Å². The first kappa shape index (κ1) is 14.8. The van der Waals surface area contributed by atoms with Gasteiger partial charge in [0, 0.05) is 6.61 Å². The summed E-state index contributed by atoms with van der Waals surface area (Å²) in [6, 6.07) is 0. The molecule has 0 radical (unpaired) electrons. The summed E-state index contributed by atoms with van der Waals surface area (Å²) in [6.45, 7) is 6.41. The molecule has 0 saturated heterocycles. The third kappa shape index (κ3) is 11.7. The molecule has 0 amide bonds. The fraction of sp³-hybridized carbons (Fsp3) is 0.800. The maximum atomic E-state index is 8.60. The maximum Gasteiger partial charge on any atom is 0.671 e. The third-order valence-electron chi connectivity index (χ3n) is 2.12. The Morgan fingerprint density at radius 1 is 1.27 bits per heavy atom. The molecule has 5 heteroatoms. The van der Waals surface area contributed by atoms with Crippen LogP contribution in [0.25, 0.3) is 0 Å². The first-order valence-corrected chi connectivity index (χ1v) is 7.00. The van der Waals surface area contributed by atoms with Crippen LogP contribution >= 0.6 is 0 Å². The number of rotatable bonds is 7. The van der Waals surface area contributed by atoms with Gasteiger partial charge in [0.2, 0.25) is 0 Å². The largest absolute Gasteiger partial charge is 0.671 e. The molecule has 4 nitrogen and oxygen atoms in total. The van der Waals surface area contributed by atoms with Crippen molar-refractivity contribution in [3.05, 3.63) is 11.6 Å². The third-order valence-corrected chi connectivity index (χ3v) is 2.71. The Kier molecular flexibility index (Phi) is 7.04. The van der Waals surface area contributed by atoms with Gasteiger partial charge in [-0.1, -0.05) is 18.6 Å². The van der Waals surface area contributed by atoms with Crippen LogP contribution < -0.4 is 0 Å². The minimum atomic E-state index is -4.29. The number of hydrogen-bond acceptors (Lipinski definition) is 4. The highest BCUT2D eigenvalue weighted by Crippen LogP contribution is 2.12. The molecule has 0 aliphatic heterocycles. The van der Waals surface area contributed by atoms with Gasteiger partial charge in [0.05, 0.1) is 0 Å². The average Bonchev–Trinajstić information content (AvgIpc) is 2.00. The van der Waals surface area contributed by atoms with Gasteiger partial charge in [0.1, 0.15) is 0 Å². The second-order valence-electron chi connectivity index (χ2n) is 4.17. The molecule has 0 rings (SSSR count). The van der Waals surface area contributed by atoms with Crippen LogP contribution in [-0.4, -0.2) is 30.0 Å². The summed E-state index contributed by atoms with van der Waals surface area (Å²) in [5.41, 5.74) is 1.31. The van der Waals surface area contributed by atoms with E-state index in [4.69, 9.17) is 14.4 Å². The van der Waals surface area contributed by atoms with E-state index in [-0.39, 0.29) is 6.61 Å². The first-order chi connectivity index (χ1) is 6.81. The van der Waals surface area contributed by atoms with E-state index in [0.29, 0.717) is 5.92 Å². The summed E-state index contributed by atoms with van der Waals surface area (Å²) < 4.78 is 4.52. The quantitative estimate of drug-likeness (QED) is 0.457.